The van der Waals surface area contributed by atoms with E-state index in [4.69, 9.17) is 0 Å². The fraction of sp³-hybridized carbons (Fsp3) is 0.133. The first-order valence-corrected chi connectivity index (χ1v) is 8.09. The number of nitrogens with one attached hydrogen (secondary N) is 1. The van der Waals surface area contributed by atoms with Gasteiger partial charge in [0.2, 0.25) is 0 Å². The largest absolute Gasteiger partial charge is 0.471 e. The van der Waals surface area contributed by atoms with Crippen LogP contribution in [0.25, 0.3) is 0 Å². The Morgan fingerprint density at radius 2 is 1.52 bits per heavy atom. The number of carbonyl (C=O) groups excluding carboxylic acids is 1. The first-order chi connectivity index (χ1) is 10.7. The van der Waals surface area contributed by atoms with Crippen molar-refractivity contribution in [3.8, 4) is 0 Å². The number of para-hydroxylation sites is 1. The van der Waals surface area contributed by atoms with Gasteiger partial charge in [-0.25, -0.2) is 8.42 Å². The Kier molecular flexibility index (Phi) is 4.74. The molecule has 0 aliphatic heterocycles. The monoisotopic (exact) mass is 343 g/mol. The molecule has 0 saturated heterocycles. The molecule has 0 heterocycles. The Hall–Kier alpha value is -2.35. The van der Waals surface area contributed by atoms with E-state index in [-0.39, 0.29) is 16.1 Å². The lowest BCUT2D eigenvalue weighted by molar-refractivity contribution is -0.167. The summed E-state index contributed by atoms with van der Waals surface area (Å²) in [6.07, 6.45) is -5.05. The molecule has 1 amide bonds. The van der Waals surface area contributed by atoms with E-state index in [0.717, 1.165) is 0 Å². The number of hydrogen-bond acceptors (Lipinski definition) is 3. The number of rotatable bonds is 4. The van der Waals surface area contributed by atoms with E-state index < -0.39 is 27.7 Å². The van der Waals surface area contributed by atoms with Crippen LogP contribution in [0, 0.1) is 0 Å². The van der Waals surface area contributed by atoms with E-state index >= 15 is 0 Å². The van der Waals surface area contributed by atoms with Gasteiger partial charge in [0.15, 0.2) is 9.84 Å². The first kappa shape index (κ1) is 17.0. The Labute approximate surface area is 130 Å². The van der Waals surface area contributed by atoms with Gasteiger partial charge in [-0.05, 0) is 23.8 Å². The molecule has 0 saturated carbocycles. The lowest BCUT2D eigenvalue weighted by atomic mass is 10.2. The molecule has 2 rings (SSSR count). The van der Waals surface area contributed by atoms with E-state index in [2.05, 4.69) is 0 Å². The van der Waals surface area contributed by atoms with Crippen LogP contribution in [-0.4, -0.2) is 20.5 Å². The highest BCUT2D eigenvalue weighted by Gasteiger charge is 2.39. The number of hydrogen-bond donors (Lipinski definition) is 1. The van der Waals surface area contributed by atoms with E-state index in [1.807, 2.05) is 0 Å². The van der Waals surface area contributed by atoms with E-state index in [1.165, 1.54) is 36.4 Å². The smallest absolute Gasteiger partial charge is 0.318 e. The molecule has 0 aromatic heterocycles. The summed E-state index contributed by atoms with van der Waals surface area (Å²) in [7, 11) is -3.74. The number of amides is 1. The molecule has 0 unspecified atom stereocenters. The van der Waals surface area contributed by atoms with Gasteiger partial charge in [0.1, 0.15) is 0 Å². The number of benzene rings is 2. The molecule has 2 aromatic carbocycles. The van der Waals surface area contributed by atoms with Crippen LogP contribution in [0.4, 0.5) is 18.9 Å². The van der Waals surface area contributed by atoms with Crippen molar-refractivity contribution in [2.45, 2.75) is 16.8 Å². The van der Waals surface area contributed by atoms with Crippen molar-refractivity contribution in [1.29, 1.82) is 0 Å². The highest BCUT2D eigenvalue weighted by atomic mass is 32.2. The zero-order chi connectivity index (χ0) is 17.1. The maximum absolute atomic E-state index is 12.3. The van der Waals surface area contributed by atoms with E-state index in [1.54, 1.807) is 23.5 Å². The van der Waals surface area contributed by atoms with Gasteiger partial charge in [-0.2, -0.15) is 13.2 Å². The third-order valence-electron chi connectivity index (χ3n) is 2.97. The third kappa shape index (κ3) is 4.32. The van der Waals surface area contributed by atoms with Gasteiger partial charge < -0.3 is 5.32 Å². The number of halogens is 3. The zero-order valence-corrected chi connectivity index (χ0v) is 12.5. The van der Waals surface area contributed by atoms with Crippen LogP contribution in [0.15, 0.2) is 59.5 Å². The summed E-state index contributed by atoms with van der Waals surface area (Å²) >= 11 is 0. The lowest BCUT2D eigenvalue weighted by Crippen LogP contribution is -2.30. The lowest BCUT2D eigenvalue weighted by Gasteiger charge is -2.12. The molecule has 0 aliphatic carbocycles. The second kappa shape index (κ2) is 6.41. The molecule has 0 atom stereocenters. The van der Waals surface area contributed by atoms with Crippen molar-refractivity contribution in [1.82, 2.24) is 0 Å². The van der Waals surface area contributed by atoms with Gasteiger partial charge in [0.05, 0.1) is 10.6 Å². The number of carbonyl (C=O) groups is 1. The van der Waals surface area contributed by atoms with Crippen LogP contribution >= 0.6 is 0 Å². The van der Waals surface area contributed by atoms with Crippen molar-refractivity contribution < 1.29 is 26.4 Å². The molecule has 122 valence electrons. The van der Waals surface area contributed by atoms with E-state index in [9.17, 15) is 26.4 Å². The maximum atomic E-state index is 12.3. The zero-order valence-electron chi connectivity index (χ0n) is 11.7. The highest BCUT2D eigenvalue weighted by molar-refractivity contribution is 7.90. The molecule has 4 nitrogen and oxygen atoms in total. The fourth-order valence-corrected chi connectivity index (χ4v) is 3.28. The molecule has 0 aliphatic rings. The van der Waals surface area contributed by atoms with Crippen molar-refractivity contribution in [2.75, 3.05) is 5.32 Å². The van der Waals surface area contributed by atoms with Crippen LogP contribution < -0.4 is 5.32 Å². The van der Waals surface area contributed by atoms with Crippen molar-refractivity contribution in [3.63, 3.8) is 0 Å². The van der Waals surface area contributed by atoms with Crippen molar-refractivity contribution >= 4 is 21.4 Å². The molecule has 0 spiro atoms. The second-order valence-corrected chi connectivity index (χ2v) is 6.67. The summed E-state index contributed by atoms with van der Waals surface area (Å²) in [4.78, 5) is 11.1. The van der Waals surface area contributed by atoms with Crippen LogP contribution in [-0.2, 0) is 20.4 Å². The Bertz CT molecular complexity index is 802. The van der Waals surface area contributed by atoms with Crippen molar-refractivity contribution in [3.05, 3.63) is 60.2 Å². The normalized spacial score (nSPS) is 12.0. The van der Waals surface area contributed by atoms with E-state index in [0.29, 0.717) is 0 Å². The minimum absolute atomic E-state index is 0.0527. The van der Waals surface area contributed by atoms with Gasteiger partial charge in [0.25, 0.3) is 0 Å². The summed E-state index contributed by atoms with van der Waals surface area (Å²) < 4.78 is 61.6. The first-order valence-electron chi connectivity index (χ1n) is 6.44. The SMILES string of the molecule is O=C(Nc1ccccc1CS(=O)(=O)c1ccccc1)C(F)(F)F. The Morgan fingerprint density at radius 1 is 0.957 bits per heavy atom. The van der Waals surface area contributed by atoms with Crippen molar-refractivity contribution in [2.24, 2.45) is 0 Å². The highest BCUT2D eigenvalue weighted by Crippen LogP contribution is 2.24. The molecule has 0 bridgehead atoms. The number of anilines is 1. The summed E-state index contributed by atoms with van der Waals surface area (Å²) in [6.45, 7) is 0. The quantitative estimate of drug-likeness (QED) is 0.927. The molecule has 0 fully saturated rings. The third-order valence-corrected chi connectivity index (χ3v) is 4.65. The second-order valence-electron chi connectivity index (χ2n) is 4.68. The minimum Gasteiger partial charge on any atom is -0.318 e. The predicted molar refractivity (Wildman–Crippen MR) is 78.5 cm³/mol. The fourth-order valence-electron chi connectivity index (χ4n) is 1.88. The predicted octanol–water partition coefficient (Wildman–Crippen LogP) is 3.16. The molecular weight excluding hydrogens is 331 g/mol. The van der Waals surface area contributed by atoms with Crippen LogP contribution in [0.5, 0.6) is 0 Å². The molecule has 2 aromatic rings. The summed E-state index contributed by atoms with van der Waals surface area (Å²) in [5.74, 6) is -2.67. The molecular formula is C15H12F3NO3S. The topological polar surface area (TPSA) is 63.2 Å². The average molecular weight is 343 g/mol. The van der Waals surface area contributed by atoms with Gasteiger partial charge in [-0.1, -0.05) is 36.4 Å². The number of sulfone groups is 1. The number of alkyl halides is 3. The molecule has 8 heteroatoms. The summed E-state index contributed by atoms with van der Waals surface area (Å²) in [6, 6.07) is 13.0. The van der Waals surface area contributed by atoms with Crippen LogP contribution in [0.1, 0.15) is 5.56 Å². The molecule has 23 heavy (non-hydrogen) atoms. The molecule has 0 radical (unpaired) electrons. The van der Waals surface area contributed by atoms with Gasteiger partial charge in [-0.3, -0.25) is 4.79 Å². The van der Waals surface area contributed by atoms with Gasteiger partial charge >= 0.3 is 12.1 Å². The van der Waals surface area contributed by atoms with Gasteiger partial charge in [-0.15, -0.1) is 0 Å². The average Bonchev–Trinajstić information content (AvgIpc) is 2.49. The standard InChI is InChI=1S/C15H12F3NO3S/c16-15(17,18)14(20)19-13-9-5-4-6-11(13)10-23(21,22)12-7-2-1-3-8-12/h1-9H,10H2,(H,19,20). The maximum Gasteiger partial charge on any atom is 0.471 e. The Morgan fingerprint density at radius 3 is 2.13 bits per heavy atom. The summed E-state index contributed by atoms with van der Waals surface area (Å²) in [5.41, 5.74) is -0.108. The molecule has 1 N–H and O–H groups in total. The van der Waals surface area contributed by atoms with Crippen LogP contribution in [0.3, 0.4) is 0 Å². The Balaban J connectivity index is 2.30. The van der Waals surface area contributed by atoms with Gasteiger partial charge in [0, 0.05) is 5.69 Å². The van der Waals surface area contributed by atoms with Crippen LogP contribution in [0.2, 0.25) is 0 Å². The summed E-state index contributed by atoms with van der Waals surface area (Å²) in [5, 5.41) is 1.70. The minimum atomic E-state index is -5.05.